The molecule has 0 saturated heterocycles. The average Bonchev–Trinajstić information content (AvgIpc) is 2.78. The molecule has 204 valence electrons. The first kappa shape index (κ1) is 33.2. The molecule has 0 saturated carbocycles. The first-order chi connectivity index (χ1) is 16.5. The van der Waals surface area contributed by atoms with Crippen molar-refractivity contribution in [1.29, 1.82) is 0 Å². The van der Waals surface area contributed by atoms with Gasteiger partial charge < -0.3 is 37.9 Å². The Bertz CT molecular complexity index is 427. The maximum Gasteiger partial charge on any atom is 0.308 e. The molecule has 9 heteroatoms. The van der Waals surface area contributed by atoms with Gasteiger partial charge in [0.05, 0.1) is 92.3 Å². The van der Waals surface area contributed by atoms with Gasteiger partial charge in [0, 0.05) is 6.61 Å². The second-order valence-electron chi connectivity index (χ2n) is 8.68. The molecule has 0 radical (unpaired) electrons. The van der Waals surface area contributed by atoms with E-state index >= 15 is 0 Å². The molecule has 0 spiro atoms. The molecular weight excluding hydrogens is 444 g/mol. The lowest BCUT2D eigenvalue weighted by Crippen LogP contribution is -2.24. The van der Waals surface area contributed by atoms with Gasteiger partial charge in [-0.15, -0.1) is 0 Å². The highest BCUT2D eigenvalue weighted by atomic mass is 16.6. The zero-order chi connectivity index (χ0) is 25.2. The van der Waals surface area contributed by atoms with E-state index in [2.05, 4.69) is 6.92 Å². The lowest BCUT2D eigenvalue weighted by atomic mass is 10.2. The van der Waals surface area contributed by atoms with E-state index in [0.717, 1.165) is 13.0 Å². The van der Waals surface area contributed by atoms with Crippen LogP contribution < -0.4 is 0 Å². The quantitative estimate of drug-likeness (QED) is 0.132. The molecule has 0 aromatic heterocycles. The van der Waals surface area contributed by atoms with Crippen LogP contribution in [0.1, 0.15) is 59.8 Å². The monoisotopic (exact) mass is 494 g/mol. The van der Waals surface area contributed by atoms with Gasteiger partial charge >= 0.3 is 5.97 Å². The molecule has 9 nitrogen and oxygen atoms in total. The lowest BCUT2D eigenvalue weighted by Gasteiger charge is -2.19. The van der Waals surface area contributed by atoms with Crippen LogP contribution in [-0.4, -0.2) is 104 Å². The smallest absolute Gasteiger partial charge is 0.308 e. The summed E-state index contributed by atoms with van der Waals surface area (Å²) in [4.78, 5) is 11.5. The van der Waals surface area contributed by atoms with Crippen LogP contribution in [0.25, 0.3) is 0 Å². The minimum atomic E-state index is -0.461. The molecule has 0 N–H and O–H groups in total. The largest absolute Gasteiger partial charge is 0.460 e. The fraction of sp³-hybridized carbons (Fsp3) is 0.960. The van der Waals surface area contributed by atoms with Gasteiger partial charge in [-0.3, -0.25) is 4.79 Å². The van der Waals surface area contributed by atoms with Crippen molar-refractivity contribution in [1.82, 2.24) is 0 Å². The molecule has 0 heterocycles. The van der Waals surface area contributed by atoms with Gasteiger partial charge in [-0.1, -0.05) is 26.2 Å². The van der Waals surface area contributed by atoms with Crippen molar-refractivity contribution >= 4 is 5.97 Å². The maximum atomic E-state index is 11.5. The van der Waals surface area contributed by atoms with E-state index in [4.69, 9.17) is 37.9 Å². The SMILES string of the molecule is CCCCCCOCCOCCOCCOCCOCCOCCOCCC(=O)OC(C)(C)C. The Morgan fingerprint density at radius 3 is 1.21 bits per heavy atom. The van der Waals surface area contributed by atoms with E-state index in [0.29, 0.717) is 85.9 Å². The summed E-state index contributed by atoms with van der Waals surface area (Å²) in [6.45, 7) is 15.2. The van der Waals surface area contributed by atoms with Crippen molar-refractivity contribution in [3.8, 4) is 0 Å². The lowest BCUT2D eigenvalue weighted by molar-refractivity contribution is -0.156. The summed E-state index contributed by atoms with van der Waals surface area (Å²) in [7, 11) is 0. The summed E-state index contributed by atoms with van der Waals surface area (Å²) in [6, 6.07) is 0. The third kappa shape index (κ3) is 29.2. The summed E-state index contributed by atoms with van der Waals surface area (Å²) in [5, 5.41) is 0. The number of rotatable bonds is 26. The Labute approximate surface area is 207 Å². The number of ether oxygens (including phenoxy) is 8. The van der Waals surface area contributed by atoms with E-state index in [1.54, 1.807) is 0 Å². The van der Waals surface area contributed by atoms with Crippen LogP contribution in [0.15, 0.2) is 0 Å². The van der Waals surface area contributed by atoms with Gasteiger partial charge in [0.25, 0.3) is 0 Å². The van der Waals surface area contributed by atoms with Gasteiger partial charge in [0.1, 0.15) is 5.60 Å². The molecule has 0 unspecified atom stereocenters. The van der Waals surface area contributed by atoms with E-state index in [-0.39, 0.29) is 12.4 Å². The van der Waals surface area contributed by atoms with Crippen molar-refractivity contribution in [2.45, 2.75) is 65.4 Å². The van der Waals surface area contributed by atoms with Gasteiger partial charge in [-0.2, -0.15) is 0 Å². The van der Waals surface area contributed by atoms with Crippen LogP contribution in [0.3, 0.4) is 0 Å². The second-order valence-corrected chi connectivity index (χ2v) is 8.68. The molecule has 0 aliphatic heterocycles. The zero-order valence-corrected chi connectivity index (χ0v) is 22.1. The number of hydrogen-bond acceptors (Lipinski definition) is 9. The standard InChI is InChI=1S/C25H50O9/c1-5-6-7-8-10-27-12-14-29-16-18-31-20-22-33-23-21-32-19-17-30-15-13-28-11-9-24(26)34-25(2,3)4/h5-23H2,1-4H3. The van der Waals surface area contributed by atoms with Gasteiger partial charge in [-0.05, 0) is 27.2 Å². The molecule has 0 amide bonds. The minimum absolute atomic E-state index is 0.244. The van der Waals surface area contributed by atoms with Crippen molar-refractivity contribution in [3.05, 3.63) is 0 Å². The highest BCUT2D eigenvalue weighted by molar-refractivity contribution is 5.69. The third-order valence-electron chi connectivity index (χ3n) is 4.24. The van der Waals surface area contributed by atoms with E-state index in [1.165, 1.54) is 19.3 Å². The molecule has 0 bridgehead atoms. The number of hydrogen-bond donors (Lipinski definition) is 0. The van der Waals surface area contributed by atoms with E-state index in [9.17, 15) is 4.79 Å². The zero-order valence-electron chi connectivity index (χ0n) is 22.1. The molecule has 0 rings (SSSR count). The molecule has 0 aromatic rings. The number of carbonyl (C=O) groups excluding carboxylic acids is 1. The fourth-order valence-electron chi connectivity index (χ4n) is 2.60. The Kier molecular flexibility index (Phi) is 24.7. The predicted octanol–water partition coefficient (Wildman–Crippen LogP) is 3.41. The number of carbonyl (C=O) groups is 1. The van der Waals surface area contributed by atoms with Crippen LogP contribution in [0.4, 0.5) is 0 Å². The molecule has 0 aromatic carbocycles. The minimum Gasteiger partial charge on any atom is -0.460 e. The van der Waals surface area contributed by atoms with Crippen LogP contribution in [0.5, 0.6) is 0 Å². The fourth-order valence-corrected chi connectivity index (χ4v) is 2.60. The van der Waals surface area contributed by atoms with Crippen LogP contribution in [0.2, 0.25) is 0 Å². The maximum absolute atomic E-state index is 11.5. The van der Waals surface area contributed by atoms with Crippen molar-refractivity contribution in [2.24, 2.45) is 0 Å². The van der Waals surface area contributed by atoms with E-state index < -0.39 is 5.60 Å². The van der Waals surface area contributed by atoms with Crippen molar-refractivity contribution < 1.29 is 42.7 Å². The average molecular weight is 495 g/mol. The highest BCUT2D eigenvalue weighted by Gasteiger charge is 2.15. The van der Waals surface area contributed by atoms with Crippen LogP contribution >= 0.6 is 0 Å². The van der Waals surface area contributed by atoms with Gasteiger partial charge in [0.15, 0.2) is 0 Å². The molecular formula is C25H50O9. The van der Waals surface area contributed by atoms with Gasteiger partial charge in [0.2, 0.25) is 0 Å². The Hall–Kier alpha value is -0.810. The Morgan fingerprint density at radius 2 is 0.853 bits per heavy atom. The topological polar surface area (TPSA) is 90.9 Å². The predicted molar refractivity (Wildman–Crippen MR) is 130 cm³/mol. The highest BCUT2D eigenvalue weighted by Crippen LogP contribution is 2.08. The number of unbranched alkanes of at least 4 members (excludes halogenated alkanes) is 3. The summed E-state index contributed by atoms with van der Waals surface area (Å²) >= 11 is 0. The van der Waals surface area contributed by atoms with Crippen molar-refractivity contribution in [2.75, 3.05) is 92.5 Å². The summed E-state index contributed by atoms with van der Waals surface area (Å²) in [6.07, 6.45) is 5.14. The molecule has 0 atom stereocenters. The number of esters is 1. The summed E-state index contributed by atoms with van der Waals surface area (Å²) < 4.78 is 43.3. The summed E-state index contributed by atoms with van der Waals surface area (Å²) in [5.41, 5.74) is -0.461. The molecule has 0 aliphatic rings. The Morgan fingerprint density at radius 1 is 0.500 bits per heavy atom. The molecule has 34 heavy (non-hydrogen) atoms. The first-order valence-electron chi connectivity index (χ1n) is 12.7. The molecule has 0 fully saturated rings. The van der Waals surface area contributed by atoms with Crippen molar-refractivity contribution in [3.63, 3.8) is 0 Å². The molecule has 0 aliphatic carbocycles. The second kappa shape index (κ2) is 25.3. The normalized spacial score (nSPS) is 11.8. The van der Waals surface area contributed by atoms with Gasteiger partial charge in [-0.25, -0.2) is 0 Å². The van der Waals surface area contributed by atoms with Crippen LogP contribution in [0, 0.1) is 0 Å². The first-order valence-corrected chi connectivity index (χ1v) is 12.7. The Balaban J connectivity index is 3.10. The summed E-state index contributed by atoms with van der Waals surface area (Å²) in [5.74, 6) is -0.255. The third-order valence-corrected chi connectivity index (χ3v) is 4.24. The van der Waals surface area contributed by atoms with Crippen LogP contribution in [-0.2, 0) is 42.7 Å². The van der Waals surface area contributed by atoms with E-state index in [1.807, 2.05) is 20.8 Å².